The number of ether oxygens (including phenoxy) is 1. The number of halogens is 1. The number of aromatic nitrogens is 1. The van der Waals surface area contributed by atoms with Crippen molar-refractivity contribution in [3.63, 3.8) is 0 Å². The highest BCUT2D eigenvalue weighted by molar-refractivity contribution is 9.10. The van der Waals surface area contributed by atoms with E-state index in [2.05, 4.69) is 53.7 Å². The average Bonchev–Trinajstić information content (AvgIpc) is 3.19. The second-order valence-electron chi connectivity index (χ2n) is 8.64. The van der Waals surface area contributed by atoms with Gasteiger partial charge in [-0.15, -0.1) is 0 Å². The van der Waals surface area contributed by atoms with Gasteiger partial charge >= 0.3 is 0 Å². The van der Waals surface area contributed by atoms with Crippen LogP contribution in [0.5, 0.6) is 5.75 Å². The highest BCUT2D eigenvalue weighted by Gasteiger charge is 2.20. The minimum atomic E-state index is 0.0503. The van der Waals surface area contributed by atoms with Crippen molar-refractivity contribution in [1.82, 2.24) is 9.30 Å². The van der Waals surface area contributed by atoms with Crippen LogP contribution in [0, 0.1) is 0 Å². The molecule has 1 aromatic carbocycles. The molecule has 2 aromatic heterocycles. The normalized spacial score (nSPS) is 11.4. The Labute approximate surface area is 207 Å². The highest BCUT2D eigenvalue weighted by atomic mass is 79.9. The van der Waals surface area contributed by atoms with Gasteiger partial charge < -0.3 is 14.0 Å². The number of unbranched alkanes of at least 4 members (excludes halogenated alkanes) is 1. The van der Waals surface area contributed by atoms with Crippen LogP contribution in [-0.2, 0) is 6.42 Å². The van der Waals surface area contributed by atoms with Crippen molar-refractivity contribution in [3.05, 3.63) is 70.0 Å². The first-order chi connectivity index (χ1) is 16.1. The Morgan fingerprint density at radius 1 is 0.970 bits per heavy atom. The summed E-state index contributed by atoms with van der Waals surface area (Å²) in [5.41, 5.74) is 3.62. The van der Waals surface area contributed by atoms with Crippen molar-refractivity contribution in [2.45, 2.75) is 59.3 Å². The molecule has 0 saturated carbocycles. The second-order valence-corrected chi connectivity index (χ2v) is 9.49. The van der Waals surface area contributed by atoms with Crippen LogP contribution in [0.4, 0.5) is 0 Å². The highest BCUT2D eigenvalue weighted by Crippen LogP contribution is 2.29. The molecule has 0 atom stereocenters. The van der Waals surface area contributed by atoms with Crippen molar-refractivity contribution < 1.29 is 9.53 Å². The molecule has 5 heteroatoms. The van der Waals surface area contributed by atoms with Crippen molar-refractivity contribution >= 4 is 27.2 Å². The van der Waals surface area contributed by atoms with E-state index in [1.165, 1.54) is 12.8 Å². The Balaban J connectivity index is 1.70. The fourth-order valence-corrected chi connectivity index (χ4v) is 4.82. The van der Waals surface area contributed by atoms with Crippen molar-refractivity contribution in [2.24, 2.45) is 0 Å². The smallest absolute Gasteiger partial charge is 0.210 e. The largest absolute Gasteiger partial charge is 0.492 e. The number of rotatable bonds is 14. The molecule has 0 bridgehead atoms. The third kappa shape index (κ3) is 6.70. The van der Waals surface area contributed by atoms with E-state index in [4.69, 9.17) is 4.74 Å². The number of fused-ring (bicyclic) bond motifs is 1. The van der Waals surface area contributed by atoms with Gasteiger partial charge in [0, 0.05) is 23.8 Å². The Hall–Kier alpha value is -2.11. The quantitative estimate of drug-likeness (QED) is 0.169. The van der Waals surface area contributed by atoms with Crippen LogP contribution >= 0.6 is 15.9 Å². The number of aryl methyl sites for hydroxylation is 1. The van der Waals surface area contributed by atoms with Crippen molar-refractivity contribution in [1.29, 1.82) is 0 Å². The van der Waals surface area contributed by atoms with Gasteiger partial charge in [-0.05, 0) is 103 Å². The van der Waals surface area contributed by atoms with Gasteiger partial charge in [0.25, 0.3) is 0 Å². The van der Waals surface area contributed by atoms with E-state index in [9.17, 15) is 4.79 Å². The van der Waals surface area contributed by atoms with Gasteiger partial charge in [0.1, 0.15) is 5.75 Å². The summed E-state index contributed by atoms with van der Waals surface area (Å²) in [5, 5.41) is 0. The first kappa shape index (κ1) is 25.5. The summed E-state index contributed by atoms with van der Waals surface area (Å²) >= 11 is 3.63. The SMILES string of the molecule is CCCCc1cc2ccccn2c1C(=O)c1ccc(OCCCN(CCC)CCC)c(Br)c1. The maximum atomic E-state index is 13.5. The van der Waals surface area contributed by atoms with Crippen LogP contribution in [-0.4, -0.2) is 41.3 Å². The molecule has 3 aromatic rings. The number of pyridine rings is 1. The predicted molar refractivity (Wildman–Crippen MR) is 141 cm³/mol. The third-order valence-corrected chi connectivity index (χ3v) is 6.54. The molecule has 33 heavy (non-hydrogen) atoms. The minimum Gasteiger partial charge on any atom is -0.492 e. The Bertz CT molecular complexity index is 1040. The van der Waals surface area contributed by atoms with Gasteiger partial charge in [-0.25, -0.2) is 0 Å². The van der Waals surface area contributed by atoms with Gasteiger partial charge in [0.05, 0.1) is 16.8 Å². The van der Waals surface area contributed by atoms with Gasteiger partial charge in [-0.3, -0.25) is 4.79 Å². The summed E-state index contributed by atoms with van der Waals surface area (Å²) in [4.78, 5) is 16.0. The van der Waals surface area contributed by atoms with Crippen molar-refractivity contribution in [2.75, 3.05) is 26.2 Å². The van der Waals surface area contributed by atoms with Crippen LogP contribution in [0.15, 0.2) is 53.1 Å². The molecule has 178 valence electrons. The van der Waals surface area contributed by atoms with Crippen LogP contribution in [0.3, 0.4) is 0 Å². The lowest BCUT2D eigenvalue weighted by Crippen LogP contribution is -2.27. The van der Waals surface area contributed by atoms with Crippen LogP contribution in [0.25, 0.3) is 5.52 Å². The van der Waals surface area contributed by atoms with E-state index >= 15 is 0 Å². The van der Waals surface area contributed by atoms with Crippen LogP contribution in [0.2, 0.25) is 0 Å². The van der Waals surface area contributed by atoms with Crippen LogP contribution in [0.1, 0.15) is 74.5 Å². The molecule has 0 unspecified atom stereocenters. The fraction of sp³-hybridized carbons (Fsp3) is 0.464. The van der Waals surface area contributed by atoms with E-state index in [-0.39, 0.29) is 5.78 Å². The summed E-state index contributed by atoms with van der Waals surface area (Å²) in [7, 11) is 0. The molecule has 0 fully saturated rings. The molecule has 0 amide bonds. The number of hydrogen-bond donors (Lipinski definition) is 0. The standard InChI is InChI=1S/C28H37BrN2O2/c1-4-7-11-22-20-24-12-8-9-18-31(24)27(22)28(32)23-13-14-26(25(29)21-23)33-19-10-17-30(15-5-2)16-6-3/h8-9,12-14,18,20-21H,4-7,10-11,15-17,19H2,1-3H3. The first-order valence-corrected chi connectivity index (χ1v) is 13.2. The second kappa shape index (κ2) is 13.0. The zero-order chi connectivity index (χ0) is 23.6. The molecule has 0 aliphatic rings. The summed E-state index contributed by atoms with van der Waals surface area (Å²) in [5.74, 6) is 0.838. The van der Waals surface area contributed by atoms with E-state index < -0.39 is 0 Å². The average molecular weight is 514 g/mol. The van der Waals surface area contributed by atoms with Gasteiger partial charge in [0.15, 0.2) is 0 Å². The van der Waals surface area contributed by atoms with Crippen molar-refractivity contribution in [3.8, 4) is 5.75 Å². The lowest BCUT2D eigenvalue weighted by molar-refractivity contribution is 0.103. The fourth-order valence-electron chi connectivity index (χ4n) is 4.33. The predicted octanol–water partition coefficient (Wildman–Crippen LogP) is 7.17. The van der Waals surface area contributed by atoms with Gasteiger partial charge in [-0.1, -0.05) is 33.3 Å². The van der Waals surface area contributed by atoms with E-state index in [1.54, 1.807) is 0 Å². The lowest BCUT2D eigenvalue weighted by Gasteiger charge is -2.20. The molecule has 0 radical (unpaired) electrons. The maximum absolute atomic E-state index is 13.5. The monoisotopic (exact) mass is 512 g/mol. The molecular formula is C28H37BrN2O2. The van der Waals surface area contributed by atoms with E-state index in [0.29, 0.717) is 12.2 Å². The number of nitrogens with zero attached hydrogens (tertiary/aromatic N) is 2. The first-order valence-electron chi connectivity index (χ1n) is 12.4. The maximum Gasteiger partial charge on any atom is 0.210 e. The molecular weight excluding hydrogens is 476 g/mol. The number of benzene rings is 1. The van der Waals surface area contributed by atoms with E-state index in [1.807, 2.05) is 40.9 Å². The Morgan fingerprint density at radius 3 is 2.45 bits per heavy atom. The molecule has 3 rings (SSSR count). The van der Waals surface area contributed by atoms with Gasteiger partial charge in [0.2, 0.25) is 5.78 Å². The zero-order valence-corrected chi connectivity index (χ0v) is 21.9. The lowest BCUT2D eigenvalue weighted by atomic mass is 10.0. The molecule has 0 spiro atoms. The van der Waals surface area contributed by atoms with Gasteiger partial charge in [-0.2, -0.15) is 0 Å². The minimum absolute atomic E-state index is 0.0503. The molecule has 4 nitrogen and oxygen atoms in total. The van der Waals surface area contributed by atoms with Crippen LogP contribution < -0.4 is 4.74 Å². The number of ketones is 1. The molecule has 0 aliphatic heterocycles. The number of hydrogen-bond acceptors (Lipinski definition) is 3. The topological polar surface area (TPSA) is 34.0 Å². The summed E-state index contributed by atoms with van der Waals surface area (Å²) in [6.45, 7) is 10.6. The summed E-state index contributed by atoms with van der Waals surface area (Å²) in [6.07, 6.45) is 8.41. The summed E-state index contributed by atoms with van der Waals surface area (Å²) in [6, 6.07) is 13.9. The molecule has 0 N–H and O–H groups in total. The number of carbonyl (C=O) groups is 1. The Kier molecular flexibility index (Phi) is 10.0. The summed E-state index contributed by atoms with van der Waals surface area (Å²) < 4.78 is 8.87. The van der Waals surface area contributed by atoms with E-state index in [0.717, 1.165) is 72.3 Å². The Morgan fingerprint density at radius 2 is 1.76 bits per heavy atom. The zero-order valence-electron chi connectivity index (χ0n) is 20.3. The molecule has 0 saturated heterocycles. The molecule has 0 aliphatic carbocycles. The third-order valence-electron chi connectivity index (χ3n) is 5.92. The molecule has 2 heterocycles. The number of carbonyl (C=O) groups excluding carboxylic acids is 1.